The molecule has 0 atom stereocenters. The molecule has 2 aromatic carbocycles. The highest BCUT2D eigenvalue weighted by Crippen LogP contribution is 2.20. The summed E-state index contributed by atoms with van der Waals surface area (Å²) < 4.78 is 17.0. The van der Waals surface area contributed by atoms with Crippen LogP contribution in [0.25, 0.3) is 22.4 Å². The molecule has 5 rings (SSSR count). The van der Waals surface area contributed by atoms with Gasteiger partial charge in [0.1, 0.15) is 18.0 Å². The van der Waals surface area contributed by atoms with Crippen molar-refractivity contribution < 1.29 is 9.18 Å². The van der Waals surface area contributed by atoms with Crippen LogP contribution in [0.4, 0.5) is 9.18 Å². The Balaban J connectivity index is 1.26. The molecule has 2 N–H and O–H groups in total. The topological polar surface area (TPSA) is 128 Å². The van der Waals surface area contributed by atoms with E-state index in [-0.39, 0.29) is 18.1 Å². The number of nitrogens with one attached hydrogen (secondary N) is 2. The quantitative estimate of drug-likeness (QED) is 0.362. The molecular weight excluding hydrogens is 487 g/mol. The molecule has 13 heteroatoms. The number of halogens is 2. The van der Waals surface area contributed by atoms with Gasteiger partial charge in [-0.05, 0) is 43.7 Å². The van der Waals surface area contributed by atoms with Gasteiger partial charge >= 0.3 is 6.03 Å². The molecule has 36 heavy (non-hydrogen) atoms. The fourth-order valence-electron chi connectivity index (χ4n) is 3.73. The Hall–Kier alpha value is -4.45. The molecule has 3 aromatic heterocycles. The number of aryl methyl sites for hydroxylation is 2. The minimum absolute atomic E-state index is 0.00858. The van der Waals surface area contributed by atoms with Crippen LogP contribution < -0.4 is 10.6 Å². The third-order valence-electron chi connectivity index (χ3n) is 5.35. The first kappa shape index (κ1) is 23.3. The van der Waals surface area contributed by atoms with Crippen LogP contribution >= 0.6 is 11.6 Å². The van der Waals surface area contributed by atoms with Crippen molar-refractivity contribution >= 4 is 28.7 Å². The minimum Gasteiger partial charge on any atom is -0.331 e. The molecule has 0 aliphatic rings. The minimum atomic E-state index is -0.572. The number of nitrogens with zero attached hydrogens (tertiary/aromatic N) is 8. The van der Waals surface area contributed by atoms with Crippen molar-refractivity contribution in [1.82, 2.24) is 50.1 Å². The lowest BCUT2D eigenvalue weighted by Crippen LogP contribution is -2.36. The maximum atomic E-state index is 13.9. The maximum absolute atomic E-state index is 13.9. The van der Waals surface area contributed by atoms with Gasteiger partial charge < -0.3 is 10.6 Å². The van der Waals surface area contributed by atoms with Crippen LogP contribution in [0, 0.1) is 19.7 Å². The summed E-state index contributed by atoms with van der Waals surface area (Å²) in [6, 6.07) is 7.67. The molecule has 0 saturated heterocycles. The maximum Gasteiger partial charge on any atom is 0.315 e. The van der Waals surface area contributed by atoms with Crippen LogP contribution in [0.5, 0.6) is 0 Å². The van der Waals surface area contributed by atoms with Crippen molar-refractivity contribution in [3.63, 3.8) is 0 Å². The summed E-state index contributed by atoms with van der Waals surface area (Å²) in [7, 11) is 0. The normalized spacial score (nSPS) is 11.1. The molecule has 0 fully saturated rings. The van der Waals surface area contributed by atoms with Gasteiger partial charge in [-0.15, -0.1) is 0 Å². The Bertz CT molecular complexity index is 1580. The first-order valence-electron chi connectivity index (χ1n) is 10.9. The van der Waals surface area contributed by atoms with E-state index in [4.69, 9.17) is 11.6 Å². The number of amides is 2. The first-order chi connectivity index (χ1) is 17.4. The number of carbonyl (C=O) groups is 1. The fourth-order valence-corrected chi connectivity index (χ4v) is 3.85. The van der Waals surface area contributed by atoms with Gasteiger partial charge in [-0.1, -0.05) is 11.6 Å². The number of hydrogen-bond acceptors (Lipinski definition) is 7. The molecule has 0 aliphatic carbocycles. The molecule has 3 heterocycles. The summed E-state index contributed by atoms with van der Waals surface area (Å²) in [5.74, 6) is 0.867. The van der Waals surface area contributed by atoms with E-state index in [1.54, 1.807) is 30.1 Å². The zero-order chi connectivity index (χ0) is 25.2. The first-order valence-corrected chi connectivity index (χ1v) is 11.3. The zero-order valence-electron chi connectivity index (χ0n) is 19.3. The fraction of sp³-hybridized carbons (Fsp3) is 0.174. The van der Waals surface area contributed by atoms with Crippen molar-refractivity contribution in [2.45, 2.75) is 26.9 Å². The number of urea groups is 1. The summed E-state index contributed by atoms with van der Waals surface area (Å²) in [6.45, 7) is 3.84. The van der Waals surface area contributed by atoms with Crippen molar-refractivity contribution in [1.29, 1.82) is 0 Å². The Labute approximate surface area is 209 Å². The Morgan fingerprint density at radius 2 is 1.75 bits per heavy atom. The van der Waals surface area contributed by atoms with E-state index in [1.807, 2.05) is 19.1 Å². The molecule has 0 spiro atoms. The third kappa shape index (κ3) is 4.70. The van der Waals surface area contributed by atoms with E-state index in [0.29, 0.717) is 23.2 Å². The van der Waals surface area contributed by atoms with Crippen molar-refractivity contribution in [2.75, 3.05) is 0 Å². The molecule has 2 amide bonds. The highest BCUT2D eigenvalue weighted by molar-refractivity contribution is 6.30. The SMILES string of the molecule is Cc1nc(CNC(=O)NCc2ncnn2-c2cc(C)c3nccnc3c2)n(-c2ccc(Cl)c(F)c2)n1. The highest BCUT2D eigenvalue weighted by atomic mass is 35.5. The Morgan fingerprint density at radius 3 is 2.56 bits per heavy atom. The predicted molar refractivity (Wildman–Crippen MR) is 129 cm³/mol. The van der Waals surface area contributed by atoms with E-state index >= 15 is 0 Å². The van der Waals surface area contributed by atoms with E-state index in [9.17, 15) is 9.18 Å². The summed E-state index contributed by atoms with van der Waals surface area (Å²) >= 11 is 5.77. The van der Waals surface area contributed by atoms with Gasteiger partial charge in [0, 0.05) is 18.5 Å². The highest BCUT2D eigenvalue weighted by Gasteiger charge is 2.14. The monoisotopic (exact) mass is 506 g/mol. The molecule has 0 unspecified atom stereocenters. The number of hydrogen-bond donors (Lipinski definition) is 2. The number of aromatic nitrogens is 8. The number of benzene rings is 2. The lowest BCUT2D eigenvalue weighted by atomic mass is 10.1. The Morgan fingerprint density at radius 1 is 0.972 bits per heavy atom. The van der Waals surface area contributed by atoms with Crippen LogP contribution in [0.1, 0.15) is 23.0 Å². The van der Waals surface area contributed by atoms with Gasteiger partial charge in [-0.2, -0.15) is 10.2 Å². The van der Waals surface area contributed by atoms with Crippen LogP contribution in [-0.4, -0.2) is 45.5 Å². The average Bonchev–Trinajstić information content (AvgIpc) is 3.49. The average molecular weight is 507 g/mol. The van der Waals surface area contributed by atoms with Gasteiger partial charge in [-0.25, -0.2) is 28.5 Å². The van der Waals surface area contributed by atoms with Crippen molar-refractivity contribution in [3.05, 3.63) is 82.9 Å². The Kier molecular flexibility index (Phi) is 6.25. The van der Waals surface area contributed by atoms with E-state index in [2.05, 4.69) is 40.8 Å². The molecule has 0 bridgehead atoms. The van der Waals surface area contributed by atoms with Crippen LogP contribution in [0.2, 0.25) is 5.02 Å². The number of fused-ring (bicyclic) bond motifs is 1. The number of carbonyl (C=O) groups excluding carboxylic acids is 1. The third-order valence-corrected chi connectivity index (χ3v) is 5.66. The lowest BCUT2D eigenvalue weighted by molar-refractivity contribution is 0.239. The van der Waals surface area contributed by atoms with Gasteiger partial charge in [0.2, 0.25) is 0 Å². The standard InChI is InChI=1S/C23H20ClFN10O/c1-13-7-16(9-19-22(13)27-6-5-26-19)34-20(30-12-31-34)10-28-23(36)29-11-21-32-14(2)33-35(21)15-3-4-17(24)18(25)8-15/h3-9,12H,10-11H2,1-2H3,(H2,28,29,36). The van der Waals surface area contributed by atoms with E-state index in [0.717, 1.165) is 22.3 Å². The molecule has 0 saturated carbocycles. The summed E-state index contributed by atoms with van der Waals surface area (Å²) in [5.41, 5.74) is 3.69. The smallest absolute Gasteiger partial charge is 0.315 e. The second-order valence-corrected chi connectivity index (χ2v) is 8.30. The molecule has 182 valence electrons. The van der Waals surface area contributed by atoms with E-state index < -0.39 is 11.8 Å². The second-order valence-electron chi connectivity index (χ2n) is 7.90. The van der Waals surface area contributed by atoms with Crippen molar-refractivity contribution in [2.24, 2.45) is 0 Å². The molecule has 0 radical (unpaired) electrons. The molecule has 0 aliphatic heterocycles. The van der Waals surface area contributed by atoms with Gasteiger partial charge in [0.25, 0.3) is 0 Å². The van der Waals surface area contributed by atoms with Crippen molar-refractivity contribution in [3.8, 4) is 11.4 Å². The van der Waals surface area contributed by atoms with Crippen LogP contribution in [0.15, 0.2) is 49.1 Å². The number of rotatable bonds is 6. The van der Waals surface area contributed by atoms with Crippen LogP contribution in [0.3, 0.4) is 0 Å². The predicted octanol–water partition coefficient (Wildman–Crippen LogP) is 3.20. The van der Waals surface area contributed by atoms with Gasteiger partial charge in [0.05, 0.1) is 40.5 Å². The largest absolute Gasteiger partial charge is 0.331 e. The van der Waals surface area contributed by atoms with Gasteiger partial charge in [0.15, 0.2) is 11.6 Å². The summed E-state index contributed by atoms with van der Waals surface area (Å²) in [4.78, 5) is 29.8. The van der Waals surface area contributed by atoms with Crippen LogP contribution in [-0.2, 0) is 13.1 Å². The second kappa shape index (κ2) is 9.66. The molecule has 5 aromatic rings. The molecule has 11 nitrogen and oxygen atoms in total. The summed E-state index contributed by atoms with van der Waals surface area (Å²) in [5, 5.41) is 14.1. The van der Waals surface area contributed by atoms with Gasteiger partial charge in [-0.3, -0.25) is 9.97 Å². The summed E-state index contributed by atoms with van der Waals surface area (Å²) in [6.07, 6.45) is 4.70. The van der Waals surface area contributed by atoms with E-state index in [1.165, 1.54) is 23.1 Å². The molecular formula is C23H20ClFN10O. The zero-order valence-corrected chi connectivity index (χ0v) is 20.0. The lowest BCUT2D eigenvalue weighted by Gasteiger charge is -2.11.